The van der Waals surface area contributed by atoms with Gasteiger partial charge in [-0.3, -0.25) is 19.4 Å². The van der Waals surface area contributed by atoms with Gasteiger partial charge in [0, 0.05) is 64.3 Å². The van der Waals surface area contributed by atoms with E-state index in [1.807, 2.05) is 87.6 Å². The monoisotopic (exact) mass is 676 g/mol. The second kappa shape index (κ2) is 14.3. The number of primary amides is 1. The predicted octanol–water partition coefficient (Wildman–Crippen LogP) is 7.23. The lowest BCUT2D eigenvalue weighted by atomic mass is 10.0. The molecule has 0 radical (unpaired) electrons. The number of fused-ring (bicyclic) bond motifs is 3. The number of aromatic nitrogens is 5. The number of pyridine rings is 2. The number of anilines is 1. The summed E-state index contributed by atoms with van der Waals surface area (Å²) in [7, 11) is 0. The van der Waals surface area contributed by atoms with Gasteiger partial charge < -0.3 is 15.8 Å². The number of ether oxygens (including phenoxy) is 1. The van der Waals surface area contributed by atoms with Crippen LogP contribution in [0.25, 0.3) is 32.8 Å². The van der Waals surface area contributed by atoms with E-state index < -0.39 is 17.6 Å². The lowest BCUT2D eigenvalue weighted by Gasteiger charge is -2.27. The van der Waals surface area contributed by atoms with Crippen LogP contribution in [-0.2, 0) is 24.4 Å². The van der Waals surface area contributed by atoms with Crippen LogP contribution in [0.3, 0.4) is 0 Å². The molecule has 0 unspecified atom stereocenters. The number of nitrogens with two attached hydrogens (primary N) is 1. The minimum Gasteiger partial charge on any atom is -0.444 e. The minimum absolute atomic E-state index is 0.208. The van der Waals surface area contributed by atoms with E-state index >= 15 is 0 Å². The molecule has 0 aliphatic carbocycles. The lowest BCUT2D eigenvalue weighted by molar-refractivity contribution is 0.0214. The molecule has 0 fully saturated rings. The SMILES string of the molecule is CC(C)(C)OC(=O)N(Cc1ccc(-c2ccccc2)c(Cl)c1)Cc1cn(CCCNc2nc3cc(C(N)=O)ccc3c3cnccc23)nn1. The number of carbonyl (C=O) groups is 2. The van der Waals surface area contributed by atoms with Crippen molar-refractivity contribution in [2.24, 2.45) is 5.73 Å². The average Bonchev–Trinajstić information content (AvgIpc) is 3.53. The maximum absolute atomic E-state index is 13.3. The first kappa shape index (κ1) is 33.4. The van der Waals surface area contributed by atoms with Crippen LogP contribution in [-0.4, -0.2) is 54.0 Å². The summed E-state index contributed by atoms with van der Waals surface area (Å²) in [6, 6.07) is 22.9. The van der Waals surface area contributed by atoms with E-state index in [1.54, 1.807) is 34.1 Å². The van der Waals surface area contributed by atoms with Crippen LogP contribution in [0, 0.1) is 0 Å². The van der Waals surface area contributed by atoms with E-state index in [-0.39, 0.29) is 13.1 Å². The molecular formula is C37H37ClN8O3. The third-order valence-corrected chi connectivity index (χ3v) is 8.13. The van der Waals surface area contributed by atoms with Crippen molar-refractivity contribution in [3.05, 3.63) is 113 Å². The normalized spacial score (nSPS) is 11.5. The van der Waals surface area contributed by atoms with Crippen molar-refractivity contribution in [2.75, 3.05) is 11.9 Å². The summed E-state index contributed by atoms with van der Waals surface area (Å²) in [5, 5.41) is 15.4. The summed E-state index contributed by atoms with van der Waals surface area (Å²) >= 11 is 6.68. The van der Waals surface area contributed by atoms with Gasteiger partial charge in [0.25, 0.3) is 0 Å². The maximum Gasteiger partial charge on any atom is 0.410 e. The van der Waals surface area contributed by atoms with Crippen LogP contribution in [0.4, 0.5) is 10.6 Å². The van der Waals surface area contributed by atoms with Crippen molar-refractivity contribution in [1.29, 1.82) is 0 Å². The Morgan fingerprint density at radius 3 is 2.55 bits per heavy atom. The number of aryl methyl sites for hydroxylation is 1. The molecule has 3 N–H and O–H groups in total. The Kier molecular flexibility index (Phi) is 9.72. The number of halogens is 1. The average molecular weight is 677 g/mol. The Balaban J connectivity index is 1.12. The molecule has 0 bridgehead atoms. The standard InChI is InChI=1S/C37H37ClN8O3/c1-37(2,3)49-36(48)45(21-24-10-12-28(32(38)18-24)25-8-5-4-6-9-25)22-27-23-46(44-43-27)17-7-15-41-35-30-14-16-40-20-31(30)29-13-11-26(34(39)47)19-33(29)42-35/h4-6,8-14,16,18-20,23H,7,15,17,21-22H2,1-3H3,(H2,39,47)(H,41,42). The van der Waals surface area contributed by atoms with E-state index in [2.05, 4.69) is 20.6 Å². The third-order valence-electron chi connectivity index (χ3n) is 7.82. The third kappa shape index (κ3) is 8.13. The van der Waals surface area contributed by atoms with Gasteiger partial charge in [-0.2, -0.15) is 0 Å². The molecule has 0 saturated heterocycles. The van der Waals surface area contributed by atoms with Crippen molar-refractivity contribution in [3.8, 4) is 11.1 Å². The van der Waals surface area contributed by atoms with Crippen LogP contribution in [0.1, 0.15) is 48.8 Å². The fourth-order valence-electron chi connectivity index (χ4n) is 5.54. The first-order valence-corrected chi connectivity index (χ1v) is 16.3. The number of rotatable bonds is 11. The Bertz CT molecular complexity index is 2130. The molecule has 3 aromatic carbocycles. The molecule has 6 aromatic rings. The number of hydrogen-bond acceptors (Lipinski definition) is 8. The highest BCUT2D eigenvalue weighted by atomic mass is 35.5. The molecular weight excluding hydrogens is 640 g/mol. The highest BCUT2D eigenvalue weighted by molar-refractivity contribution is 6.33. The van der Waals surface area contributed by atoms with E-state index in [4.69, 9.17) is 27.1 Å². The highest BCUT2D eigenvalue weighted by Gasteiger charge is 2.24. The van der Waals surface area contributed by atoms with Gasteiger partial charge in [-0.25, -0.2) is 9.78 Å². The second-order valence-electron chi connectivity index (χ2n) is 12.7. The van der Waals surface area contributed by atoms with Gasteiger partial charge >= 0.3 is 6.09 Å². The molecule has 11 nitrogen and oxygen atoms in total. The van der Waals surface area contributed by atoms with Gasteiger partial charge in [-0.05, 0) is 62.6 Å². The molecule has 2 amide bonds. The van der Waals surface area contributed by atoms with Crippen molar-refractivity contribution < 1.29 is 14.3 Å². The van der Waals surface area contributed by atoms with E-state index in [1.165, 1.54) is 0 Å². The van der Waals surface area contributed by atoms with Gasteiger partial charge in [0.1, 0.15) is 17.1 Å². The van der Waals surface area contributed by atoms with Gasteiger partial charge in [0.2, 0.25) is 5.91 Å². The number of amides is 2. The van der Waals surface area contributed by atoms with E-state index in [0.717, 1.165) is 39.3 Å². The van der Waals surface area contributed by atoms with E-state index in [0.29, 0.717) is 40.7 Å². The zero-order valence-electron chi connectivity index (χ0n) is 27.6. The van der Waals surface area contributed by atoms with Crippen LogP contribution < -0.4 is 11.1 Å². The largest absolute Gasteiger partial charge is 0.444 e. The fraction of sp³-hybridized carbons (Fsp3) is 0.243. The molecule has 0 aliphatic heterocycles. The summed E-state index contributed by atoms with van der Waals surface area (Å²) in [4.78, 5) is 35.7. The fourth-order valence-corrected chi connectivity index (χ4v) is 5.85. The summed E-state index contributed by atoms with van der Waals surface area (Å²) in [6.07, 6.45) is 5.62. The van der Waals surface area contributed by atoms with Crippen LogP contribution in [0.5, 0.6) is 0 Å². The first-order chi connectivity index (χ1) is 23.5. The number of benzene rings is 3. The van der Waals surface area contributed by atoms with Crippen LogP contribution in [0.15, 0.2) is 91.4 Å². The lowest BCUT2D eigenvalue weighted by Crippen LogP contribution is -2.36. The second-order valence-corrected chi connectivity index (χ2v) is 13.2. The Morgan fingerprint density at radius 1 is 0.980 bits per heavy atom. The summed E-state index contributed by atoms with van der Waals surface area (Å²) < 4.78 is 7.48. The summed E-state index contributed by atoms with van der Waals surface area (Å²) in [5.41, 5.74) is 9.33. The zero-order chi connectivity index (χ0) is 34.5. The highest BCUT2D eigenvalue weighted by Crippen LogP contribution is 2.30. The Morgan fingerprint density at radius 2 is 1.80 bits per heavy atom. The van der Waals surface area contributed by atoms with Gasteiger partial charge in [0.15, 0.2) is 0 Å². The van der Waals surface area contributed by atoms with Crippen molar-refractivity contribution in [2.45, 2.75) is 52.4 Å². The molecule has 6 rings (SSSR count). The molecule has 0 saturated carbocycles. The Hall–Kier alpha value is -5.55. The number of carbonyl (C=O) groups excluding carboxylic acids is 2. The van der Waals surface area contributed by atoms with Gasteiger partial charge in [0.05, 0.1) is 18.3 Å². The van der Waals surface area contributed by atoms with Gasteiger partial charge in [-0.15, -0.1) is 5.10 Å². The smallest absolute Gasteiger partial charge is 0.410 e. The number of nitrogens with zero attached hydrogens (tertiary/aromatic N) is 6. The molecule has 3 heterocycles. The maximum atomic E-state index is 13.3. The van der Waals surface area contributed by atoms with Crippen molar-refractivity contribution in [1.82, 2.24) is 29.9 Å². The summed E-state index contributed by atoms with van der Waals surface area (Å²) in [5.74, 6) is 0.184. The zero-order valence-corrected chi connectivity index (χ0v) is 28.3. The molecule has 0 spiro atoms. The molecule has 49 heavy (non-hydrogen) atoms. The minimum atomic E-state index is -0.666. The predicted molar refractivity (Wildman–Crippen MR) is 191 cm³/mol. The Labute approximate surface area is 289 Å². The molecule has 0 aliphatic rings. The molecule has 250 valence electrons. The first-order valence-electron chi connectivity index (χ1n) is 16.0. The van der Waals surface area contributed by atoms with Crippen LogP contribution in [0.2, 0.25) is 5.02 Å². The van der Waals surface area contributed by atoms with E-state index in [9.17, 15) is 9.59 Å². The molecule has 3 aromatic heterocycles. The molecule has 0 atom stereocenters. The quantitative estimate of drug-likeness (QED) is 0.108. The molecule has 12 heteroatoms. The van der Waals surface area contributed by atoms with Gasteiger partial charge in [-0.1, -0.05) is 65.3 Å². The topological polar surface area (TPSA) is 141 Å². The van der Waals surface area contributed by atoms with Crippen LogP contribution >= 0.6 is 11.6 Å². The van der Waals surface area contributed by atoms with Crippen molar-refractivity contribution in [3.63, 3.8) is 0 Å². The van der Waals surface area contributed by atoms with Crippen molar-refractivity contribution >= 4 is 51.1 Å². The summed E-state index contributed by atoms with van der Waals surface area (Å²) in [6.45, 7) is 7.19. The number of nitrogens with one attached hydrogen (secondary N) is 1. The number of hydrogen-bond donors (Lipinski definition) is 2.